The lowest BCUT2D eigenvalue weighted by Crippen LogP contribution is -2.38. The highest BCUT2D eigenvalue weighted by Crippen LogP contribution is 2.38. The van der Waals surface area contributed by atoms with Crippen LogP contribution in [-0.4, -0.2) is 51.6 Å². The van der Waals surface area contributed by atoms with Crippen molar-refractivity contribution in [3.8, 4) is 17.1 Å². The molecule has 1 aromatic heterocycles. The van der Waals surface area contributed by atoms with Gasteiger partial charge in [0.15, 0.2) is 5.82 Å². The number of anilines is 2. The number of imidazole rings is 1. The Kier molecular flexibility index (Phi) is 5.07. The molecule has 2 aliphatic heterocycles. The normalized spacial score (nSPS) is 19.4. The Labute approximate surface area is 169 Å². The molecular weight excluding hydrogens is 404 g/mol. The molecule has 8 nitrogen and oxygen atoms in total. The number of halogens is 2. The molecule has 3 N–H and O–H groups in total. The number of ether oxygens (including phenoxy) is 1. The first-order valence-electron chi connectivity index (χ1n) is 8.99. The fourth-order valence-corrected chi connectivity index (χ4v) is 4.26. The maximum absolute atomic E-state index is 13.3. The summed E-state index contributed by atoms with van der Waals surface area (Å²) in [5.74, 6) is 0.821. The van der Waals surface area contributed by atoms with Crippen LogP contribution >= 0.6 is 11.8 Å². The van der Waals surface area contributed by atoms with Crippen molar-refractivity contribution in [2.75, 3.05) is 22.6 Å². The van der Waals surface area contributed by atoms with Crippen LogP contribution in [0, 0.1) is 0 Å². The van der Waals surface area contributed by atoms with Crippen molar-refractivity contribution in [1.82, 2.24) is 9.55 Å². The van der Waals surface area contributed by atoms with Crippen LogP contribution in [0.25, 0.3) is 11.4 Å². The molecule has 29 heavy (non-hydrogen) atoms. The van der Waals surface area contributed by atoms with Gasteiger partial charge in [0.25, 0.3) is 11.7 Å². The van der Waals surface area contributed by atoms with Gasteiger partial charge in [0.2, 0.25) is 5.91 Å². The Morgan fingerprint density at radius 1 is 1.45 bits per heavy atom. The van der Waals surface area contributed by atoms with Gasteiger partial charge >= 0.3 is 0 Å². The second kappa shape index (κ2) is 7.54. The zero-order chi connectivity index (χ0) is 20.7. The van der Waals surface area contributed by atoms with Gasteiger partial charge < -0.3 is 20.4 Å². The molecule has 2 aromatic rings. The molecule has 2 atom stereocenters. The number of hydrogen-bond donors (Lipinski definition) is 2. The van der Waals surface area contributed by atoms with Gasteiger partial charge in [-0.25, -0.2) is 13.8 Å². The Balaban J connectivity index is 1.68. The predicted octanol–water partition coefficient (Wildman–Crippen LogP) is 2.54. The van der Waals surface area contributed by atoms with Crippen LogP contribution in [0.15, 0.2) is 24.4 Å². The van der Waals surface area contributed by atoms with Crippen LogP contribution in [0.2, 0.25) is 0 Å². The van der Waals surface area contributed by atoms with E-state index in [2.05, 4.69) is 10.3 Å². The number of rotatable bonds is 5. The fourth-order valence-electron chi connectivity index (χ4n) is 3.28. The number of thioether (sulfide) groups is 1. The first kappa shape index (κ1) is 19.5. The van der Waals surface area contributed by atoms with Gasteiger partial charge in [-0.15, -0.1) is 0 Å². The molecule has 154 valence electrons. The predicted molar refractivity (Wildman–Crippen MR) is 106 cm³/mol. The van der Waals surface area contributed by atoms with Crippen molar-refractivity contribution < 1.29 is 23.1 Å². The molecule has 1 saturated heterocycles. The summed E-state index contributed by atoms with van der Waals surface area (Å²) in [6, 6.07) is 3.51. The Bertz CT molecular complexity index is 967. The van der Waals surface area contributed by atoms with Gasteiger partial charge in [-0.05, 0) is 19.1 Å². The monoisotopic (exact) mass is 423 g/mol. The van der Waals surface area contributed by atoms with Crippen LogP contribution in [0.4, 0.5) is 25.1 Å². The zero-order valence-corrected chi connectivity index (χ0v) is 16.3. The SMILES string of the molecule is C[C@H](Nc1ccc2c(c1)OCCn1cc(N3C(=O)SC[C@H]3C(F)F)nc1-2)C(N)=O. The van der Waals surface area contributed by atoms with Gasteiger partial charge in [0.05, 0.1) is 12.1 Å². The van der Waals surface area contributed by atoms with Gasteiger partial charge in [-0.2, -0.15) is 0 Å². The standard InChI is InChI=1S/C18H19F2N5O3S/c1-9(16(21)26)22-10-2-3-11-13(6-10)28-5-4-24-7-14(23-17(11)24)25-12(15(19)20)8-29-18(25)27/h2-3,6-7,9,12,15,22H,4-5,8H2,1H3,(H2,21,26)/t9-,12-/m0/s1. The van der Waals surface area contributed by atoms with Crippen molar-refractivity contribution in [1.29, 1.82) is 0 Å². The molecule has 0 bridgehead atoms. The largest absolute Gasteiger partial charge is 0.491 e. The van der Waals surface area contributed by atoms with Crippen LogP contribution in [0.5, 0.6) is 5.75 Å². The minimum atomic E-state index is -2.65. The number of alkyl halides is 2. The molecule has 3 heterocycles. The summed E-state index contributed by atoms with van der Waals surface area (Å²) >= 11 is 0.869. The second-order valence-corrected chi connectivity index (χ2v) is 7.76. The summed E-state index contributed by atoms with van der Waals surface area (Å²) in [6.07, 6.45) is -1.04. The van der Waals surface area contributed by atoms with E-state index in [0.717, 1.165) is 16.7 Å². The third-order valence-corrected chi connectivity index (χ3v) is 5.78. The number of amides is 2. The first-order valence-corrected chi connectivity index (χ1v) is 9.98. The molecule has 0 aliphatic carbocycles. The van der Waals surface area contributed by atoms with E-state index in [9.17, 15) is 18.4 Å². The number of nitrogens with one attached hydrogen (secondary N) is 1. The molecule has 1 aromatic carbocycles. The number of hydrogen-bond acceptors (Lipinski definition) is 6. The average molecular weight is 423 g/mol. The van der Waals surface area contributed by atoms with Crippen molar-refractivity contribution in [2.24, 2.45) is 5.73 Å². The molecule has 0 spiro atoms. The number of primary amides is 1. The molecule has 4 rings (SSSR count). The van der Waals surface area contributed by atoms with Gasteiger partial charge in [0, 0.05) is 23.7 Å². The van der Waals surface area contributed by atoms with Gasteiger partial charge in [0.1, 0.15) is 30.3 Å². The molecule has 2 aliphatic rings. The van der Waals surface area contributed by atoms with E-state index >= 15 is 0 Å². The summed E-state index contributed by atoms with van der Waals surface area (Å²) in [5, 5.41) is 2.56. The molecule has 11 heteroatoms. The van der Waals surface area contributed by atoms with Gasteiger partial charge in [-0.1, -0.05) is 11.8 Å². The number of carbonyl (C=O) groups excluding carboxylic acids is 2. The zero-order valence-electron chi connectivity index (χ0n) is 15.5. The van der Waals surface area contributed by atoms with E-state index in [1.807, 2.05) is 0 Å². The molecule has 0 saturated carbocycles. The van der Waals surface area contributed by atoms with Crippen molar-refractivity contribution >= 4 is 34.4 Å². The lowest BCUT2D eigenvalue weighted by Gasteiger charge is -2.20. The smallest absolute Gasteiger partial charge is 0.287 e. The minimum absolute atomic E-state index is 0.0332. The molecular formula is C18H19F2N5O3S. The molecule has 0 radical (unpaired) electrons. The van der Waals surface area contributed by atoms with Gasteiger partial charge in [-0.3, -0.25) is 14.5 Å². The third kappa shape index (κ3) is 3.61. The highest BCUT2D eigenvalue weighted by atomic mass is 32.2. The number of benzene rings is 1. The second-order valence-electron chi connectivity index (χ2n) is 6.79. The summed E-state index contributed by atoms with van der Waals surface area (Å²) in [7, 11) is 0. The lowest BCUT2D eigenvalue weighted by molar-refractivity contribution is -0.118. The third-order valence-electron chi connectivity index (χ3n) is 4.83. The topological polar surface area (TPSA) is 102 Å². The van der Waals surface area contributed by atoms with E-state index in [0.29, 0.717) is 36.0 Å². The highest BCUT2D eigenvalue weighted by Gasteiger charge is 2.40. The summed E-state index contributed by atoms with van der Waals surface area (Å²) < 4.78 is 34.3. The molecule has 1 fully saturated rings. The summed E-state index contributed by atoms with van der Waals surface area (Å²) in [4.78, 5) is 29.0. The van der Waals surface area contributed by atoms with Crippen LogP contribution < -0.4 is 20.7 Å². The van der Waals surface area contributed by atoms with Crippen molar-refractivity contribution in [2.45, 2.75) is 32.0 Å². The fraction of sp³-hybridized carbons (Fsp3) is 0.389. The van der Waals surface area contributed by atoms with Crippen LogP contribution in [-0.2, 0) is 11.3 Å². The van der Waals surface area contributed by atoms with Crippen LogP contribution in [0.1, 0.15) is 6.92 Å². The summed E-state index contributed by atoms with van der Waals surface area (Å²) in [5.41, 5.74) is 6.60. The van der Waals surface area contributed by atoms with Crippen LogP contribution in [0.3, 0.4) is 0 Å². The number of carbonyl (C=O) groups is 2. The maximum Gasteiger partial charge on any atom is 0.287 e. The Hall–Kier alpha value is -2.82. The average Bonchev–Trinajstić information content (AvgIpc) is 3.21. The molecule has 0 unspecified atom stereocenters. The van der Waals surface area contributed by atoms with Crippen molar-refractivity contribution in [3.63, 3.8) is 0 Å². The Morgan fingerprint density at radius 3 is 2.97 bits per heavy atom. The lowest BCUT2D eigenvalue weighted by atomic mass is 10.1. The maximum atomic E-state index is 13.3. The van der Waals surface area contributed by atoms with E-state index in [-0.39, 0.29) is 11.6 Å². The summed E-state index contributed by atoms with van der Waals surface area (Å²) in [6.45, 7) is 2.44. The van der Waals surface area contributed by atoms with E-state index < -0.39 is 29.7 Å². The number of aromatic nitrogens is 2. The minimum Gasteiger partial charge on any atom is -0.491 e. The highest BCUT2D eigenvalue weighted by molar-refractivity contribution is 8.14. The van der Waals surface area contributed by atoms with E-state index in [1.165, 1.54) is 0 Å². The van der Waals surface area contributed by atoms with E-state index in [4.69, 9.17) is 10.5 Å². The van der Waals surface area contributed by atoms with Crippen molar-refractivity contribution in [3.05, 3.63) is 24.4 Å². The number of fused-ring (bicyclic) bond motifs is 3. The quantitative estimate of drug-likeness (QED) is 0.766. The Morgan fingerprint density at radius 2 is 2.24 bits per heavy atom. The van der Waals surface area contributed by atoms with E-state index in [1.54, 1.807) is 35.9 Å². The molecule has 2 amide bonds. The number of nitrogens with two attached hydrogens (primary N) is 1. The first-order chi connectivity index (χ1) is 13.8. The number of nitrogens with zero attached hydrogens (tertiary/aromatic N) is 3.